The molecule has 2 rings (SSSR count). The van der Waals surface area contributed by atoms with Gasteiger partial charge >= 0.3 is 0 Å². The fourth-order valence-corrected chi connectivity index (χ4v) is 3.22. The number of aliphatic hydroxyl groups excluding tert-OH is 1. The van der Waals surface area contributed by atoms with Crippen molar-refractivity contribution < 1.29 is 14.6 Å². The van der Waals surface area contributed by atoms with E-state index in [4.69, 9.17) is 15.6 Å². The van der Waals surface area contributed by atoms with Gasteiger partial charge in [0.2, 0.25) is 0 Å². The molecule has 0 aliphatic heterocycles. The Hall–Kier alpha value is -1.70. The normalized spacial score (nSPS) is 12.5. The van der Waals surface area contributed by atoms with Crippen molar-refractivity contribution in [2.75, 3.05) is 26.1 Å². The number of nitrogen functional groups attached to an aromatic ring is 1. The first kappa shape index (κ1) is 15.7. The van der Waals surface area contributed by atoms with Gasteiger partial charge in [-0.25, -0.2) is 4.98 Å². The molecule has 1 atom stereocenters. The molecule has 2 aromatic heterocycles. The van der Waals surface area contributed by atoms with Crippen LogP contribution in [0.15, 0.2) is 12.3 Å². The molecular formula is C14H19N3O3S. The maximum atomic E-state index is 12.4. The number of aromatic nitrogens is 1. The molecule has 0 fully saturated rings. The van der Waals surface area contributed by atoms with Crippen molar-refractivity contribution >= 4 is 33.1 Å². The molecule has 21 heavy (non-hydrogen) atoms. The van der Waals surface area contributed by atoms with Crippen molar-refractivity contribution in [1.29, 1.82) is 0 Å². The van der Waals surface area contributed by atoms with E-state index in [-0.39, 0.29) is 18.6 Å². The summed E-state index contributed by atoms with van der Waals surface area (Å²) in [4.78, 5) is 17.8. The molecule has 0 radical (unpaired) electrons. The maximum Gasteiger partial charge on any atom is 0.263 e. The molecule has 0 spiro atoms. The van der Waals surface area contributed by atoms with E-state index in [1.807, 2.05) is 13.0 Å². The molecule has 2 aromatic rings. The number of hydrogen-bond acceptors (Lipinski definition) is 6. The number of amides is 1. The molecule has 0 aliphatic carbocycles. The topological polar surface area (TPSA) is 97.5 Å². The standard InChI is InChI=1S/C14H19N3O3S/c1-8-3-5-16-14-10(8)11(15)12(21-14)13(19)17-9(4-6-18)7-20-2/h3,5,9,18H,4,6-7,15H2,1-2H3,(H,17,19). The highest BCUT2D eigenvalue weighted by Crippen LogP contribution is 2.34. The van der Waals surface area contributed by atoms with Crippen LogP contribution in [0.1, 0.15) is 21.7 Å². The smallest absolute Gasteiger partial charge is 0.263 e. The van der Waals surface area contributed by atoms with Gasteiger partial charge in [0.15, 0.2) is 0 Å². The summed E-state index contributed by atoms with van der Waals surface area (Å²) in [6.45, 7) is 2.26. The Labute approximate surface area is 126 Å². The largest absolute Gasteiger partial charge is 0.397 e. The molecular weight excluding hydrogens is 290 g/mol. The van der Waals surface area contributed by atoms with Crippen molar-refractivity contribution in [3.05, 3.63) is 22.7 Å². The molecule has 0 aliphatic rings. The van der Waals surface area contributed by atoms with Gasteiger partial charge in [-0.05, 0) is 25.0 Å². The number of methoxy groups -OCH3 is 1. The molecule has 1 amide bonds. The number of nitrogens with two attached hydrogens (primary N) is 1. The lowest BCUT2D eigenvalue weighted by molar-refractivity contribution is 0.0883. The summed E-state index contributed by atoms with van der Waals surface area (Å²) in [6, 6.07) is 1.62. The van der Waals surface area contributed by atoms with E-state index in [2.05, 4.69) is 10.3 Å². The average molecular weight is 309 g/mol. The number of rotatable bonds is 6. The van der Waals surface area contributed by atoms with Gasteiger partial charge in [0, 0.05) is 25.3 Å². The molecule has 1 unspecified atom stereocenters. The number of pyridine rings is 1. The van der Waals surface area contributed by atoms with E-state index >= 15 is 0 Å². The Kier molecular flexibility index (Phi) is 5.11. The molecule has 4 N–H and O–H groups in total. The fourth-order valence-electron chi connectivity index (χ4n) is 2.18. The highest BCUT2D eigenvalue weighted by Gasteiger charge is 2.20. The number of hydrogen-bond donors (Lipinski definition) is 3. The van der Waals surface area contributed by atoms with Gasteiger partial charge in [-0.3, -0.25) is 4.79 Å². The first-order valence-electron chi connectivity index (χ1n) is 6.62. The van der Waals surface area contributed by atoms with Crippen LogP contribution in [0.5, 0.6) is 0 Å². The molecule has 6 nitrogen and oxygen atoms in total. The monoisotopic (exact) mass is 309 g/mol. The average Bonchev–Trinajstić information content (AvgIpc) is 2.78. The number of aliphatic hydroxyl groups is 1. The van der Waals surface area contributed by atoms with Gasteiger partial charge in [-0.2, -0.15) is 0 Å². The number of nitrogens with one attached hydrogen (secondary N) is 1. The number of carbonyl (C=O) groups is 1. The minimum atomic E-state index is -0.259. The predicted molar refractivity (Wildman–Crippen MR) is 83.6 cm³/mol. The molecule has 2 heterocycles. The fraction of sp³-hybridized carbons (Fsp3) is 0.429. The third-order valence-electron chi connectivity index (χ3n) is 3.22. The second kappa shape index (κ2) is 6.84. The zero-order valence-electron chi connectivity index (χ0n) is 12.0. The Morgan fingerprint density at radius 3 is 3.00 bits per heavy atom. The van der Waals surface area contributed by atoms with E-state index in [1.54, 1.807) is 13.3 Å². The lowest BCUT2D eigenvalue weighted by Crippen LogP contribution is -2.38. The third kappa shape index (κ3) is 3.31. The number of nitrogens with zero attached hydrogens (tertiary/aromatic N) is 1. The SMILES string of the molecule is COCC(CCO)NC(=O)c1sc2nccc(C)c2c1N. The summed E-state index contributed by atoms with van der Waals surface area (Å²) >= 11 is 1.27. The van der Waals surface area contributed by atoms with Gasteiger partial charge in [0.1, 0.15) is 9.71 Å². The number of fused-ring (bicyclic) bond motifs is 1. The zero-order valence-corrected chi connectivity index (χ0v) is 12.9. The van der Waals surface area contributed by atoms with Crippen LogP contribution in [0.3, 0.4) is 0 Å². The second-order valence-corrected chi connectivity index (χ2v) is 5.79. The van der Waals surface area contributed by atoms with E-state index in [0.717, 1.165) is 15.8 Å². The predicted octanol–water partition coefficient (Wildman–Crippen LogP) is 1.31. The van der Waals surface area contributed by atoms with Crippen LogP contribution in [0.4, 0.5) is 5.69 Å². The maximum absolute atomic E-state index is 12.4. The van der Waals surface area contributed by atoms with E-state index in [1.165, 1.54) is 11.3 Å². The Balaban J connectivity index is 2.27. The van der Waals surface area contributed by atoms with Crippen molar-refractivity contribution in [2.24, 2.45) is 0 Å². The minimum absolute atomic E-state index is 0.0170. The Bertz CT molecular complexity index is 636. The minimum Gasteiger partial charge on any atom is -0.397 e. The van der Waals surface area contributed by atoms with Gasteiger partial charge in [0.05, 0.1) is 18.3 Å². The summed E-state index contributed by atoms with van der Waals surface area (Å²) in [5, 5.41) is 12.7. The summed E-state index contributed by atoms with van der Waals surface area (Å²) in [7, 11) is 1.55. The van der Waals surface area contributed by atoms with Gasteiger partial charge in [-0.1, -0.05) is 0 Å². The van der Waals surface area contributed by atoms with Crippen LogP contribution in [-0.4, -0.2) is 42.4 Å². The van der Waals surface area contributed by atoms with Gasteiger partial charge in [0.25, 0.3) is 5.91 Å². The third-order valence-corrected chi connectivity index (χ3v) is 4.34. The van der Waals surface area contributed by atoms with Gasteiger partial charge in [-0.15, -0.1) is 11.3 Å². The summed E-state index contributed by atoms with van der Waals surface area (Å²) in [5.41, 5.74) is 7.55. The molecule has 114 valence electrons. The van der Waals surface area contributed by atoms with Crippen molar-refractivity contribution in [2.45, 2.75) is 19.4 Å². The Morgan fingerprint density at radius 2 is 2.38 bits per heavy atom. The number of thiophene rings is 1. The van der Waals surface area contributed by atoms with Crippen molar-refractivity contribution in [1.82, 2.24) is 10.3 Å². The van der Waals surface area contributed by atoms with Crippen molar-refractivity contribution in [3.63, 3.8) is 0 Å². The summed E-state index contributed by atoms with van der Waals surface area (Å²) < 4.78 is 5.04. The van der Waals surface area contributed by atoms with Crippen molar-refractivity contribution in [3.8, 4) is 0 Å². The van der Waals surface area contributed by atoms with Crippen LogP contribution < -0.4 is 11.1 Å². The van der Waals surface area contributed by atoms with E-state index in [0.29, 0.717) is 23.6 Å². The van der Waals surface area contributed by atoms with Crippen LogP contribution in [0.25, 0.3) is 10.2 Å². The van der Waals surface area contributed by atoms with Crippen LogP contribution in [0.2, 0.25) is 0 Å². The quantitative estimate of drug-likeness (QED) is 0.747. The van der Waals surface area contributed by atoms with E-state index < -0.39 is 0 Å². The first-order valence-corrected chi connectivity index (χ1v) is 7.44. The summed E-state index contributed by atoms with van der Waals surface area (Å²) in [5.74, 6) is -0.259. The summed E-state index contributed by atoms with van der Waals surface area (Å²) in [6.07, 6.45) is 2.14. The lowest BCUT2D eigenvalue weighted by atomic mass is 10.1. The Morgan fingerprint density at radius 1 is 1.62 bits per heavy atom. The zero-order chi connectivity index (χ0) is 15.4. The first-order chi connectivity index (χ1) is 10.1. The lowest BCUT2D eigenvalue weighted by Gasteiger charge is -2.16. The van der Waals surface area contributed by atoms with Crippen LogP contribution in [-0.2, 0) is 4.74 Å². The molecule has 0 saturated heterocycles. The van der Waals surface area contributed by atoms with E-state index in [9.17, 15) is 4.79 Å². The molecule has 0 bridgehead atoms. The molecule has 0 saturated carbocycles. The number of carbonyl (C=O) groups excluding carboxylic acids is 1. The molecule has 7 heteroatoms. The van der Waals surface area contributed by atoms with Crippen LogP contribution >= 0.6 is 11.3 Å². The van der Waals surface area contributed by atoms with Crippen LogP contribution in [0, 0.1) is 6.92 Å². The number of aryl methyl sites for hydroxylation is 1. The number of anilines is 1. The van der Waals surface area contributed by atoms with Gasteiger partial charge < -0.3 is 20.9 Å². The highest BCUT2D eigenvalue weighted by molar-refractivity contribution is 7.21. The highest BCUT2D eigenvalue weighted by atomic mass is 32.1. The molecule has 0 aromatic carbocycles. The number of ether oxygens (including phenoxy) is 1. The second-order valence-electron chi connectivity index (χ2n) is 4.79.